The number of nitrogens with zero attached hydrogens (tertiary/aromatic N) is 1. The van der Waals surface area contributed by atoms with E-state index in [4.69, 9.17) is 0 Å². The highest BCUT2D eigenvalue weighted by molar-refractivity contribution is 5.36. The van der Waals surface area contributed by atoms with Gasteiger partial charge in [-0.25, -0.2) is 4.98 Å². The first-order valence-corrected chi connectivity index (χ1v) is 6.61. The van der Waals surface area contributed by atoms with Gasteiger partial charge in [0.05, 0.1) is 0 Å². The molecular formula is C16H22N2. The molecule has 2 rings (SSSR count). The molecule has 0 saturated heterocycles. The lowest BCUT2D eigenvalue weighted by molar-refractivity contribution is 0.589. The molecule has 0 radical (unpaired) electrons. The highest BCUT2D eigenvalue weighted by atomic mass is 14.9. The minimum absolute atomic E-state index is 0.199. The van der Waals surface area contributed by atoms with E-state index in [1.807, 2.05) is 12.4 Å². The molecule has 0 aliphatic heterocycles. The molecule has 0 fully saturated rings. The fourth-order valence-corrected chi connectivity index (χ4v) is 2.18. The summed E-state index contributed by atoms with van der Waals surface area (Å²) in [5.41, 5.74) is 4.39. The molecule has 0 aliphatic rings. The van der Waals surface area contributed by atoms with E-state index < -0.39 is 0 Å². The number of nitrogens with one attached hydrogen (secondary N) is 1. The summed E-state index contributed by atoms with van der Waals surface area (Å²) in [4.78, 5) is 7.51. The Morgan fingerprint density at radius 1 is 1.17 bits per heavy atom. The molecule has 1 aromatic carbocycles. The zero-order chi connectivity index (χ0) is 13.2. The minimum Gasteiger partial charge on any atom is -0.348 e. The van der Waals surface area contributed by atoms with E-state index >= 15 is 0 Å². The van der Waals surface area contributed by atoms with Crippen molar-refractivity contribution in [2.75, 3.05) is 0 Å². The molecule has 0 aliphatic carbocycles. The van der Waals surface area contributed by atoms with Gasteiger partial charge < -0.3 is 4.98 Å². The average Bonchev–Trinajstić information content (AvgIpc) is 2.80. The first-order chi connectivity index (χ1) is 8.50. The second-order valence-corrected chi connectivity index (χ2v) is 5.80. The van der Waals surface area contributed by atoms with E-state index in [0.29, 0.717) is 0 Å². The van der Waals surface area contributed by atoms with Gasteiger partial charge in [0.2, 0.25) is 0 Å². The van der Waals surface area contributed by atoms with Gasteiger partial charge in [-0.05, 0) is 28.5 Å². The molecule has 0 amide bonds. The second kappa shape index (κ2) is 4.97. The van der Waals surface area contributed by atoms with Crippen molar-refractivity contribution >= 4 is 0 Å². The molecule has 0 atom stereocenters. The van der Waals surface area contributed by atoms with Crippen molar-refractivity contribution in [1.82, 2.24) is 9.97 Å². The lowest BCUT2D eigenvalue weighted by atomic mass is 9.84. The van der Waals surface area contributed by atoms with Crippen LogP contribution in [0.5, 0.6) is 0 Å². The normalized spacial score (nSPS) is 11.8. The molecule has 0 bridgehead atoms. The number of aromatic amines is 1. The molecule has 1 aromatic heterocycles. The summed E-state index contributed by atoms with van der Waals surface area (Å²) >= 11 is 0. The van der Waals surface area contributed by atoms with Crippen molar-refractivity contribution in [2.24, 2.45) is 0 Å². The van der Waals surface area contributed by atoms with Crippen LogP contribution in [0.2, 0.25) is 0 Å². The SMILES string of the molecule is CCc1ccc(C(C)(C)C)cc1Cc1ncc[nH]1. The van der Waals surface area contributed by atoms with E-state index in [2.05, 4.69) is 55.9 Å². The number of aromatic nitrogens is 2. The number of rotatable bonds is 3. The number of hydrogen-bond acceptors (Lipinski definition) is 1. The maximum absolute atomic E-state index is 4.32. The lowest BCUT2D eigenvalue weighted by Gasteiger charge is -2.21. The Morgan fingerprint density at radius 3 is 2.50 bits per heavy atom. The van der Waals surface area contributed by atoms with Crippen LogP contribution in [0.15, 0.2) is 30.6 Å². The van der Waals surface area contributed by atoms with E-state index in [9.17, 15) is 0 Å². The van der Waals surface area contributed by atoms with Gasteiger partial charge in [0.1, 0.15) is 5.82 Å². The van der Waals surface area contributed by atoms with Crippen LogP contribution in [0.1, 0.15) is 50.2 Å². The zero-order valence-corrected chi connectivity index (χ0v) is 11.7. The van der Waals surface area contributed by atoms with Crippen molar-refractivity contribution < 1.29 is 0 Å². The molecule has 1 N–H and O–H groups in total. The summed E-state index contributed by atoms with van der Waals surface area (Å²) in [5.74, 6) is 1.04. The molecule has 96 valence electrons. The molecule has 2 nitrogen and oxygen atoms in total. The molecule has 0 unspecified atom stereocenters. The summed E-state index contributed by atoms with van der Waals surface area (Å²) in [6, 6.07) is 6.85. The van der Waals surface area contributed by atoms with E-state index in [1.54, 1.807) is 0 Å². The Morgan fingerprint density at radius 2 is 1.94 bits per heavy atom. The molecule has 0 saturated carbocycles. The molecule has 2 heteroatoms. The summed E-state index contributed by atoms with van der Waals surface area (Å²) in [7, 11) is 0. The van der Waals surface area contributed by atoms with Gasteiger partial charge in [-0.2, -0.15) is 0 Å². The Labute approximate surface area is 109 Å². The van der Waals surface area contributed by atoms with Gasteiger partial charge in [-0.3, -0.25) is 0 Å². The first kappa shape index (κ1) is 12.9. The predicted octanol–water partition coefficient (Wildman–Crippen LogP) is 3.86. The third-order valence-electron chi connectivity index (χ3n) is 3.37. The smallest absolute Gasteiger partial charge is 0.110 e. The summed E-state index contributed by atoms with van der Waals surface area (Å²) < 4.78 is 0. The number of aryl methyl sites for hydroxylation is 1. The molecule has 18 heavy (non-hydrogen) atoms. The van der Waals surface area contributed by atoms with Crippen molar-refractivity contribution in [1.29, 1.82) is 0 Å². The third kappa shape index (κ3) is 2.81. The van der Waals surface area contributed by atoms with Crippen LogP contribution < -0.4 is 0 Å². The van der Waals surface area contributed by atoms with E-state index in [1.165, 1.54) is 16.7 Å². The average molecular weight is 242 g/mol. The predicted molar refractivity (Wildman–Crippen MR) is 75.9 cm³/mol. The summed E-state index contributed by atoms with van der Waals surface area (Å²) in [6.45, 7) is 8.97. The van der Waals surface area contributed by atoms with Crippen molar-refractivity contribution in [3.8, 4) is 0 Å². The van der Waals surface area contributed by atoms with Gasteiger partial charge in [-0.15, -0.1) is 0 Å². The standard InChI is InChI=1S/C16H22N2/c1-5-12-6-7-14(16(2,3)4)10-13(12)11-15-17-8-9-18-15/h6-10H,5,11H2,1-4H3,(H,17,18). The van der Waals surface area contributed by atoms with Crippen molar-refractivity contribution in [3.63, 3.8) is 0 Å². The van der Waals surface area contributed by atoms with Crippen molar-refractivity contribution in [3.05, 3.63) is 53.1 Å². The lowest BCUT2D eigenvalue weighted by Crippen LogP contribution is -2.12. The summed E-state index contributed by atoms with van der Waals surface area (Å²) in [5, 5.41) is 0. The second-order valence-electron chi connectivity index (χ2n) is 5.80. The maximum atomic E-state index is 4.32. The van der Waals surface area contributed by atoms with Crippen LogP contribution in [0.25, 0.3) is 0 Å². The molecule has 1 heterocycles. The minimum atomic E-state index is 0.199. The van der Waals surface area contributed by atoms with Crippen LogP contribution in [0, 0.1) is 0 Å². The number of imidazole rings is 1. The van der Waals surface area contributed by atoms with Crippen LogP contribution in [-0.4, -0.2) is 9.97 Å². The number of hydrogen-bond donors (Lipinski definition) is 1. The molecule has 0 spiro atoms. The Bertz CT molecular complexity index is 504. The monoisotopic (exact) mass is 242 g/mol. The van der Waals surface area contributed by atoms with Gasteiger partial charge in [0.25, 0.3) is 0 Å². The number of H-pyrrole nitrogens is 1. The Kier molecular flexibility index (Phi) is 3.55. The van der Waals surface area contributed by atoms with E-state index in [-0.39, 0.29) is 5.41 Å². The van der Waals surface area contributed by atoms with Gasteiger partial charge >= 0.3 is 0 Å². The third-order valence-corrected chi connectivity index (χ3v) is 3.37. The van der Waals surface area contributed by atoms with E-state index in [0.717, 1.165) is 18.7 Å². The Balaban J connectivity index is 2.37. The van der Waals surface area contributed by atoms with Crippen LogP contribution in [0.3, 0.4) is 0 Å². The fourth-order valence-electron chi connectivity index (χ4n) is 2.18. The van der Waals surface area contributed by atoms with Crippen LogP contribution in [-0.2, 0) is 18.3 Å². The van der Waals surface area contributed by atoms with Crippen LogP contribution >= 0.6 is 0 Å². The fraction of sp³-hybridized carbons (Fsp3) is 0.438. The number of benzene rings is 1. The highest BCUT2D eigenvalue weighted by Gasteiger charge is 2.15. The van der Waals surface area contributed by atoms with Gasteiger partial charge in [-0.1, -0.05) is 45.9 Å². The first-order valence-electron chi connectivity index (χ1n) is 6.61. The highest BCUT2D eigenvalue weighted by Crippen LogP contribution is 2.25. The maximum Gasteiger partial charge on any atom is 0.110 e. The Hall–Kier alpha value is -1.57. The quantitative estimate of drug-likeness (QED) is 0.870. The van der Waals surface area contributed by atoms with Crippen molar-refractivity contribution in [2.45, 2.75) is 46.0 Å². The zero-order valence-electron chi connectivity index (χ0n) is 11.7. The topological polar surface area (TPSA) is 28.7 Å². The molecular weight excluding hydrogens is 220 g/mol. The summed E-state index contributed by atoms with van der Waals surface area (Å²) in [6.07, 6.45) is 5.66. The van der Waals surface area contributed by atoms with Gasteiger partial charge in [0, 0.05) is 18.8 Å². The van der Waals surface area contributed by atoms with Gasteiger partial charge in [0.15, 0.2) is 0 Å². The largest absolute Gasteiger partial charge is 0.348 e. The van der Waals surface area contributed by atoms with Crippen LogP contribution in [0.4, 0.5) is 0 Å². The molecule has 2 aromatic rings.